The Morgan fingerprint density at radius 3 is 2.69 bits per heavy atom. The Kier molecular flexibility index (Phi) is 5.88. The van der Waals surface area contributed by atoms with Gasteiger partial charge in [0.2, 0.25) is 5.11 Å². The molecule has 1 aromatic carbocycles. The Bertz CT molecular complexity index is 360. The standard InChI is InChI=1S/C11H15N3S2/c1-3-12-11(15)14-13-8-9-4-6-10(16-2)7-5-9/h4-8H,3H2,1-2H3,(H2,12,14,15)/p+1. The molecule has 0 bridgehead atoms. The number of thioether (sulfide) groups is 1. The van der Waals surface area contributed by atoms with Crippen molar-refractivity contribution in [3.8, 4) is 0 Å². The van der Waals surface area contributed by atoms with Gasteiger partial charge >= 0.3 is 0 Å². The molecule has 0 heterocycles. The zero-order valence-corrected chi connectivity index (χ0v) is 11.0. The quantitative estimate of drug-likeness (QED) is 0.313. The molecule has 3 N–H and O–H groups in total. The Morgan fingerprint density at radius 2 is 2.12 bits per heavy atom. The van der Waals surface area contributed by atoms with Crippen LogP contribution < -0.4 is 15.8 Å². The molecule has 3 nitrogen and oxygen atoms in total. The molecule has 0 fully saturated rings. The minimum Gasteiger partial charge on any atom is -0.359 e. The van der Waals surface area contributed by atoms with Crippen molar-refractivity contribution in [2.24, 2.45) is 0 Å². The second kappa shape index (κ2) is 7.24. The van der Waals surface area contributed by atoms with E-state index in [0.717, 1.165) is 12.1 Å². The van der Waals surface area contributed by atoms with Gasteiger partial charge in [-0.1, -0.05) is 0 Å². The Hall–Kier alpha value is -1.07. The predicted octanol–water partition coefficient (Wildman–Crippen LogP) is 0.307. The fourth-order valence-electron chi connectivity index (χ4n) is 1.09. The van der Waals surface area contributed by atoms with Crippen LogP contribution in [-0.2, 0) is 0 Å². The van der Waals surface area contributed by atoms with Gasteiger partial charge in [0.1, 0.15) is 0 Å². The largest absolute Gasteiger partial charge is 0.359 e. The molecule has 0 unspecified atom stereocenters. The highest BCUT2D eigenvalue weighted by Gasteiger charge is 1.94. The van der Waals surface area contributed by atoms with Crippen molar-refractivity contribution in [2.45, 2.75) is 11.8 Å². The molecule has 0 atom stereocenters. The van der Waals surface area contributed by atoms with Crippen LogP contribution in [0.25, 0.3) is 0 Å². The number of hydrogen-bond donors (Lipinski definition) is 3. The third kappa shape index (κ3) is 4.63. The second-order valence-electron chi connectivity index (χ2n) is 3.05. The zero-order chi connectivity index (χ0) is 11.8. The van der Waals surface area contributed by atoms with Crippen molar-refractivity contribution in [2.75, 3.05) is 12.8 Å². The molecule has 0 saturated carbocycles. The van der Waals surface area contributed by atoms with Gasteiger partial charge in [0.05, 0.1) is 0 Å². The molecule has 86 valence electrons. The van der Waals surface area contributed by atoms with Crippen molar-refractivity contribution in [3.05, 3.63) is 29.8 Å². The summed E-state index contributed by atoms with van der Waals surface area (Å²) in [4.78, 5) is 1.26. The lowest BCUT2D eigenvalue weighted by Gasteiger charge is -1.98. The Labute approximate surface area is 106 Å². The first-order chi connectivity index (χ1) is 7.76. The number of hydrogen-bond acceptors (Lipinski definition) is 2. The van der Waals surface area contributed by atoms with Gasteiger partial charge in [-0.3, -0.25) is 0 Å². The number of benzene rings is 1. The normalized spacial score (nSPS) is 10.4. The van der Waals surface area contributed by atoms with Crippen LogP contribution in [0.5, 0.6) is 0 Å². The van der Waals surface area contributed by atoms with E-state index in [1.165, 1.54) is 4.90 Å². The van der Waals surface area contributed by atoms with E-state index in [0.29, 0.717) is 5.11 Å². The first-order valence-electron chi connectivity index (χ1n) is 5.03. The van der Waals surface area contributed by atoms with Crippen LogP contribution in [-0.4, -0.2) is 24.1 Å². The third-order valence-corrected chi connectivity index (χ3v) is 2.87. The van der Waals surface area contributed by atoms with E-state index in [1.807, 2.05) is 13.1 Å². The Balaban J connectivity index is 2.46. The molecule has 5 heteroatoms. The van der Waals surface area contributed by atoms with Crippen LogP contribution in [0.15, 0.2) is 29.2 Å². The van der Waals surface area contributed by atoms with E-state index in [-0.39, 0.29) is 0 Å². The van der Waals surface area contributed by atoms with Crippen molar-refractivity contribution in [1.29, 1.82) is 0 Å². The molecule has 0 aliphatic carbocycles. The summed E-state index contributed by atoms with van der Waals surface area (Å²) in [5, 5.41) is 6.52. The molecule has 0 aliphatic heterocycles. The molecular weight excluding hydrogens is 238 g/mol. The molecule has 1 aromatic rings. The molecular formula is C11H16N3S2+. The number of nitrogens with one attached hydrogen (secondary N) is 3. The highest BCUT2D eigenvalue weighted by Crippen LogP contribution is 2.13. The average Bonchev–Trinajstić information content (AvgIpc) is 2.30. The molecule has 0 saturated heterocycles. The van der Waals surface area contributed by atoms with Crippen LogP contribution in [0.3, 0.4) is 0 Å². The van der Waals surface area contributed by atoms with Gasteiger partial charge in [0.15, 0.2) is 6.21 Å². The topological polar surface area (TPSA) is 38.0 Å². The first kappa shape index (κ1) is 13.0. The number of hydrazine groups is 1. The zero-order valence-electron chi connectivity index (χ0n) is 9.41. The molecule has 0 aromatic heterocycles. The smallest absolute Gasteiger partial charge is 0.223 e. The van der Waals surface area contributed by atoms with Gasteiger partial charge in [-0.05, 0) is 49.7 Å². The van der Waals surface area contributed by atoms with Crippen LogP contribution in [0, 0.1) is 0 Å². The Morgan fingerprint density at radius 1 is 1.44 bits per heavy atom. The highest BCUT2D eigenvalue weighted by atomic mass is 32.2. The summed E-state index contributed by atoms with van der Waals surface area (Å²) in [6.07, 6.45) is 3.93. The van der Waals surface area contributed by atoms with E-state index in [1.54, 1.807) is 11.8 Å². The molecule has 0 spiro atoms. The minimum atomic E-state index is 0.597. The lowest BCUT2D eigenvalue weighted by atomic mass is 10.2. The highest BCUT2D eigenvalue weighted by molar-refractivity contribution is 7.98. The summed E-state index contributed by atoms with van der Waals surface area (Å²) >= 11 is 6.73. The van der Waals surface area contributed by atoms with Gasteiger partial charge < -0.3 is 5.32 Å². The van der Waals surface area contributed by atoms with Crippen LogP contribution >= 0.6 is 24.0 Å². The minimum absolute atomic E-state index is 0.597. The van der Waals surface area contributed by atoms with Gasteiger partial charge in [0.25, 0.3) is 0 Å². The number of thiocarbonyl (C=S) groups is 1. The van der Waals surface area contributed by atoms with Crippen molar-refractivity contribution in [1.82, 2.24) is 10.7 Å². The third-order valence-electron chi connectivity index (χ3n) is 1.88. The molecule has 0 radical (unpaired) electrons. The van der Waals surface area contributed by atoms with Gasteiger partial charge in [0, 0.05) is 17.0 Å². The van der Waals surface area contributed by atoms with E-state index < -0.39 is 0 Å². The van der Waals surface area contributed by atoms with E-state index in [2.05, 4.69) is 46.4 Å². The van der Waals surface area contributed by atoms with Gasteiger partial charge in [-0.25, -0.2) is 0 Å². The lowest BCUT2D eigenvalue weighted by Crippen LogP contribution is -2.82. The summed E-state index contributed by atoms with van der Waals surface area (Å²) < 4.78 is 0. The van der Waals surface area contributed by atoms with Crippen LogP contribution in [0.4, 0.5) is 0 Å². The summed E-state index contributed by atoms with van der Waals surface area (Å²) in [6.45, 7) is 2.81. The number of rotatable bonds is 4. The average molecular weight is 254 g/mol. The maximum Gasteiger partial charge on any atom is 0.223 e. The maximum atomic E-state index is 5.00. The molecule has 1 rings (SSSR count). The fraction of sp³-hybridized carbons (Fsp3) is 0.273. The van der Waals surface area contributed by atoms with Gasteiger partial charge in [-0.2, -0.15) is 0 Å². The van der Waals surface area contributed by atoms with Gasteiger partial charge in [-0.15, -0.1) is 22.3 Å². The van der Waals surface area contributed by atoms with E-state index in [9.17, 15) is 0 Å². The lowest BCUT2D eigenvalue weighted by molar-refractivity contribution is -0.500. The van der Waals surface area contributed by atoms with E-state index >= 15 is 0 Å². The van der Waals surface area contributed by atoms with Crippen molar-refractivity contribution >= 4 is 35.3 Å². The summed E-state index contributed by atoms with van der Waals surface area (Å²) in [7, 11) is 0. The summed E-state index contributed by atoms with van der Waals surface area (Å²) in [5.74, 6) is 0. The monoisotopic (exact) mass is 254 g/mol. The summed E-state index contributed by atoms with van der Waals surface area (Å²) in [6, 6.07) is 8.27. The second-order valence-corrected chi connectivity index (χ2v) is 4.33. The molecule has 16 heavy (non-hydrogen) atoms. The predicted molar refractivity (Wildman–Crippen MR) is 73.8 cm³/mol. The fourth-order valence-corrected chi connectivity index (χ4v) is 1.70. The van der Waals surface area contributed by atoms with Crippen molar-refractivity contribution < 1.29 is 5.10 Å². The summed E-state index contributed by atoms with van der Waals surface area (Å²) in [5.41, 5.74) is 3.97. The SMILES string of the molecule is CCNC(=S)N[NH+]=Cc1ccc(SC)cc1. The van der Waals surface area contributed by atoms with Crippen LogP contribution in [0.1, 0.15) is 12.5 Å². The van der Waals surface area contributed by atoms with E-state index in [4.69, 9.17) is 12.2 Å². The molecule has 0 amide bonds. The maximum absolute atomic E-state index is 5.00. The first-order valence-corrected chi connectivity index (χ1v) is 6.66. The molecule has 0 aliphatic rings. The van der Waals surface area contributed by atoms with Crippen LogP contribution in [0.2, 0.25) is 0 Å². The number of hydrazone groups is 1. The van der Waals surface area contributed by atoms with Crippen molar-refractivity contribution in [3.63, 3.8) is 0 Å².